The highest BCUT2D eigenvalue weighted by molar-refractivity contribution is 7.07. The molecule has 1 aromatic rings. The molecule has 0 aliphatic carbocycles. The van der Waals surface area contributed by atoms with Crippen LogP contribution >= 0.6 is 0 Å². The van der Waals surface area contributed by atoms with E-state index in [9.17, 15) is 0 Å². The molecule has 1 atom stereocenters. The van der Waals surface area contributed by atoms with Crippen LogP contribution in [0.25, 0.3) is 0 Å². The Bertz CT molecular complexity index is 259. The van der Waals surface area contributed by atoms with Crippen LogP contribution < -0.4 is 5.46 Å². The molecule has 1 fully saturated rings. The molecule has 0 amide bonds. The van der Waals surface area contributed by atoms with Crippen molar-refractivity contribution in [3.63, 3.8) is 0 Å². The maximum absolute atomic E-state index is 5.73. The van der Waals surface area contributed by atoms with Crippen LogP contribution in [0, 0.1) is 0 Å². The van der Waals surface area contributed by atoms with Crippen LogP contribution in [0.5, 0.6) is 0 Å². The van der Waals surface area contributed by atoms with Crippen LogP contribution in [-0.2, 0) is 4.74 Å². The van der Waals surface area contributed by atoms with E-state index in [1.165, 1.54) is 24.7 Å². The zero-order valence-electron chi connectivity index (χ0n) is 8.49. The molecule has 3 heteroatoms. The first-order chi connectivity index (χ1) is 6.95. The highest BCUT2D eigenvalue weighted by Crippen LogP contribution is 2.10. The molecule has 1 saturated heterocycles. The smallest absolute Gasteiger partial charge is 0.139 e. The first-order valence-electron chi connectivity index (χ1n) is 5.45. The van der Waals surface area contributed by atoms with Crippen molar-refractivity contribution in [2.75, 3.05) is 6.61 Å². The summed E-state index contributed by atoms with van der Waals surface area (Å²) in [6, 6.07) is 10.6. The van der Waals surface area contributed by atoms with Crippen molar-refractivity contribution in [3.05, 3.63) is 30.3 Å². The Morgan fingerprint density at radius 3 is 2.79 bits per heavy atom. The van der Waals surface area contributed by atoms with Gasteiger partial charge in [0.25, 0.3) is 0 Å². The van der Waals surface area contributed by atoms with Crippen LogP contribution in [0.4, 0.5) is 0 Å². The first-order valence-corrected chi connectivity index (χ1v) is 7.08. The van der Waals surface area contributed by atoms with Gasteiger partial charge in [-0.25, -0.2) is 0 Å². The third-order valence-corrected chi connectivity index (χ3v) is 4.57. The summed E-state index contributed by atoms with van der Waals surface area (Å²) in [6.45, 7) is 3.40. The molecule has 1 aliphatic heterocycles. The molecule has 1 aromatic carbocycles. The van der Waals surface area contributed by atoms with Crippen LogP contribution in [0.2, 0.25) is 0 Å². The molecule has 1 aliphatic rings. The van der Waals surface area contributed by atoms with Crippen molar-refractivity contribution in [1.29, 1.82) is 0 Å². The zero-order valence-corrected chi connectivity index (χ0v) is 9.90. The summed E-state index contributed by atoms with van der Waals surface area (Å²) < 4.78 is 5.73. The Labute approximate surface area is 88.9 Å². The maximum atomic E-state index is 5.73. The van der Waals surface area contributed by atoms with Gasteiger partial charge < -0.3 is 4.74 Å². The Morgan fingerprint density at radius 2 is 2.07 bits per heavy atom. The standard InChI is InChI=1S/C11H16BOSi/c1-2-6-10(7-3-1)12-14-11-8-4-5-9-13-11/h1-3,6-7,11H,4-5,8-9,14H2. The molecule has 0 aromatic heterocycles. The molecule has 73 valence electrons. The fourth-order valence-corrected chi connectivity index (χ4v) is 3.48. The second-order valence-corrected chi connectivity index (χ2v) is 5.63. The summed E-state index contributed by atoms with van der Waals surface area (Å²) in [5.74, 6) is 0. The lowest BCUT2D eigenvalue weighted by molar-refractivity contribution is 0.0665. The highest BCUT2D eigenvalue weighted by Gasteiger charge is 2.13. The average molecular weight is 203 g/mol. The molecule has 0 bridgehead atoms. The second-order valence-electron chi connectivity index (χ2n) is 3.84. The van der Waals surface area contributed by atoms with Gasteiger partial charge in [-0.3, -0.25) is 0 Å². The van der Waals surface area contributed by atoms with E-state index in [-0.39, 0.29) is 9.39 Å². The minimum atomic E-state index is -0.180. The molecule has 2 rings (SSSR count). The van der Waals surface area contributed by atoms with Crippen LogP contribution in [0.3, 0.4) is 0 Å². The van der Waals surface area contributed by atoms with Gasteiger partial charge in [-0.15, -0.1) is 0 Å². The van der Waals surface area contributed by atoms with Crippen molar-refractivity contribution in [1.82, 2.24) is 0 Å². The van der Waals surface area contributed by atoms with Gasteiger partial charge in [0.1, 0.15) is 6.87 Å². The van der Waals surface area contributed by atoms with Crippen molar-refractivity contribution in [2.45, 2.75) is 25.0 Å². The minimum Gasteiger partial charge on any atom is -0.383 e. The van der Waals surface area contributed by atoms with Gasteiger partial charge in [0.05, 0.1) is 0 Å². The van der Waals surface area contributed by atoms with E-state index >= 15 is 0 Å². The molecule has 14 heavy (non-hydrogen) atoms. The van der Waals surface area contributed by atoms with Gasteiger partial charge in [-0.1, -0.05) is 35.8 Å². The monoisotopic (exact) mass is 203 g/mol. The van der Waals surface area contributed by atoms with Crippen molar-refractivity contribution in [2.24, 2.45) is 0 Å². The number of hydrogen-bond donors (Lipinski definition) is 0. The quantitative estimate of drug-likeness (QED) is 0.654. The highest BCUT2D eigenvalue weighted by atomic mass is 28.2. The normalized spacial score (nSPS) is 22.7. The molecular formula is C11H16BOSi. The van der Waals surface area contributed by atoms with Gasteiger partial charge in [0.2, 0.25) is 0 Å². The fraction of sp³-hybridized carbons (Fsp3) is 0.455. The Balaban J connectivity index is 1.76. The maximum Gasteiger partial charge on any atom is 0.139 e. The van der Waals surface area contributed by atoms with E-state index in [0.717, 1.165) is 6.61 Å². The van der Waals surface area contributed by atoms with E-state index in [1.54, 1.807) is 0 Å². The van der Waals surface area contributed by atoms with Gasteiger partial charge in [-0.05, 0) is 19.3 Å². The van der Waals surface area contributed by atoms with Gasteiger partial charge in [-0.2, -0.15) is 0 Å². The molecule has 1 heterocycles. The third kappa shape index (κ3) is 3.00. The molecule has 0 spiro atoms. The Morgan fingerprint density at radius 1 is 1.21 bits per heavy atom. The topological polar surface area (TPSA) is 9.23 Å². The van der Waals surface area contributed by atoms with E-state index in [4.69, 9.17) is 4.74 Å². The fourth-order valence-electron chi connectivity index (χ4n) is 1.85. The predicted octanol–water partition coefficient (Wildman–Crippen LogP) is 0.626. The molecule has 0 saturated carbocycles. The van der Waals surface area contributed by atoms with E-state index in [0.29, 0.717) is 5.73 Å². The minimum absolute atomic E-state index is 0.180. The van der Waals surface area contributed by atoms with Crippen LogP contribution in [-0.4, -0.2) is 28.6 Å². The summed E-state index contributed by atoms with van der Waals surface area (Å²) in [6.07, 6.45) is 3.91. The summed E-state index contributed by atoms with van der Waals surface area (Å²) in [5.41, 5.74) is 1.97. The van der Waals surface area contributed by atoms with Crippen LogP contribution in [0.1, 0.15) is 19.3 Å². The Hall–Kier alpha value is -0.538. The van der Waals surface area contributed by atoms with E-state index in [2.05, 4.69) is 37.2 Å². The van der Waals surface area contributed by atoms with Crippen molar-refractivity contribution < 1.29 is 4.74 Å². The summed E-state index contributed by atoms with van der Waals surface area (Å²) in [4.78, 5) is 0. The lowest BCUT2D eigenvalue weighted by Crippen LogP contribution is -2.34. The Kier molecular flexibility index (Phi) is 3.83. The van der Waals surface area contributed by atoms with Crippen molar-refractivity contribution in [3.8, 4) is 0 Å². The lowest BCUT2D eigenvalue weighted by Gasteiger charge is -2.21. The molecule has 0 N–H and O–H groups in total. The van der Waals surface area contributed by atoms with Gasteiger partial charge >= 0.3 is 0 Å². The van der Waals surface area contributed by atoms with Gasteiger partial charge in [0.15, 0.2) is 0 Å². The predicted molar refractivity (Wildman–Crippen MR) is 64.0 cm³/mol. The number of hydrogen-bond acceptors (Lipinski definition) is 1. The average Bonchev–Trinajstić information content (AvgIpc) is 2.29. The molecule has 1 unspecified atom stereocenters. The summed E-state index contributed by atoms with van der Waals surface area (Å²) in [5, 5.41) is 0. The second kappa shape index (κ2) is 5.37. The lowest BCUT2D eigenvalue weighted by atomic mass is 9.94. The molecule has 1 radical (unpaired) electrons. The SMILES string of the molecule is [B]([SiH2]C1CCCCO1)c1ccccc1. The summed E-state index contributed by atoms with van der Waals surface area (Å²) in [7, 11) is -0.180. The molecular weight excluding hydrogens is 187 g/mol. The molecule has 1 nitrogen and oxygen atoms in total. The van der Waals surface area contributed by atoms with Crippen molar-refractivity contribution >= 4 is 21.7 Å². The number of ether oxygens (including phenoxy) is 1. The van der Waals surface area contributed by atoms with E-state index in [1.807, 2.05) is 0 Å². The third-order valence-electron chi connectivity index (χ3n) is 2.69. The number of benzene rings is 1. The zero-order chi connectivity index (χ0) is 9.64. The summed E-state index contributed by atoms with van der Waals surface area (Å²) >= 11 is 0. The van der Waals surface area contributed by atoms with Gasteiger partial charge in [0, 0.05) is 21.7 Å². The van der Waals surface area contributed by atoms with E-state index < -0.39 is 0 Å². The largest absolute Gasteiger partial charge is 0.383 e. The number of rotatable bonds is 3. The first kappa shape index (κ1) is 10.00. The van der Waals surface area contributed by atoms with Crippen LogP contribution in [0.15, 0.2) is 30.3 Å².